The molecule has 0 saturated heterocycles. The number of nitrogens with zero attached hydrogens (tertiary/aromatic N) is 3. The molecular formula is C19H21N3O5. The number of aliphatic hydroxyl groups excluding tert-OH is 1. The molecule has 3 aromatic rings. The topological polar surface area (TPSA) is 99.5 Å². The van der Waals surface area contributed by atoms with Crippen LogP contribution in [0.4, 0.5) is 5.69 Å². The Bertz CT molecular complexity index is 1010. The van der Waals surface area contributed by atoms with Crippen LogP contribution in [-0.2, 0) is 13.1 Å². The van der Waals surface area contributed by atoms with E-state index in [-0.39, 0.29) is 24.5 Å². The smallest absolute Gasteiger partial charge is 0.329 e. The molecule has 3 rings (SSSR count). The fraction of sp³-hybridized carbons (Fsp3) is 0.316. The molecule has 0 radical (unpaired) electrons. The molecule has 1 unspecified atom stereocenters. The number of fused-ring (bicyclic) bond motifs is 1. The highest BCUT2D eigenvalue weighted by Crippen LogP contribution is 2.19. The number of ether oxygens (including phenoxy) is 1. The van der Waals surface area contributed by atoms with Crippen LogP contribution in [-0.4, -0.2) is 31.9 Å². The minimum Gasteiger partial charge on any atom is -0.491 e. The van der Waals surface area contributed by atoms with Gasteiger partial charge in [-0.05, 0) is 24.6 Å². The molecule has 1 aromatic heterocycles. The number of rotatable bonds is 8. The Morgan fingerprint density at radius 1 is 1.15 bits per heavy atom. The van der Waals surface area contributed by atoms with Crippen LogP contribution in [0, 0.1) is 10.1 Å². The lowest BCUT2D eigenvalue weighted by Crippen LogP contribution is -2.31. The number of aliphatic hydroxyl groups is 1. The molecule has 0 aliphatic heterocycles. The minimum absolute atomic E-state index is 0.0744. The minimum atomic E-state index is -0.942. The summed E-state index contributed by atoms with van der Waals surface area (Å²) in [6, 6.07) is 13.2. The van der Waals surface area contributed by atoms with Gasteiger partial charge in [-0.15, -0.1) is 0 Å². The molecule has 0 amide bonds. The van der Waals surface area contributed by atoms with Gasteiger partial charge in [0.15, 0.2) is 0 Å². The Balaban J connectivity index is 1.76. The zero-order valence-corrected chi connectivity index (χ0v) is 14.9. The van der Waals surface area contributed by atoms with E-state index in [1.807, 2.05) is 31.2 Å². The summed E-state index contributed by atoms with van der Waals surface area (Å²) >= 11 is 0. The first kappa shape index (κ1) is 18.7. The number of para-hydroxylation sites is 2. The van der Waals surface area contributed by atoms with Crippen molar-refractivity contribution in [3.05, 3.63) is 69.1 Å². The number of imidazole rings is 1. The molecule has 8 nitrogen and oxygen atoms in total. The van der Waals surface area contributed by atoms with Gasteiger partial charge in [-0.3, -0.25) is 19.2 Å². The monoisotopic (exact) mass is 371 g/mol. The van der Waals surface area contributed by atoms with Gasteiger partial charge in [0, 0.05) is 12.6 Å². The summed E-state index contributed by atoms with van der Waals surface area (Å²) in [7, 11) is 0. The maximum Gasteiger partial charge on any atom is 0.329 e. The Labute approximate surface area is 155 Å². The van der Waals surface area contributed by atoms with Crippen LogP contribution in [0.1, 0.15) is 13.3 Å². The molecule has 0 saturated carbocycles. The first-order chi connectivity index (χ1) is 13.0. The van der Waals surface area contributed by atoms with E-state index in [2.05, 4.69) is 0 Å². The molecule has 8 heteroatoms. The van der Waals surface area contributed by atoms with E-state index < -0.39 is 11.0 Å². The normalized spacial score (nSPS) is 12.2. The molecule has 1 N–H and O–H groups in total. The van der Waals surface area contributed by atoms with Gasteiger partial charge in [-0.1, -0.05) is 25.1 Å². The summed E-state index contributed by atoms with van der Waals surface area (Å²) in [6.45, 7) is 2.60. The summed E-state index contributed by atoms with van der Waals surface area (Å²) in [5.41, 5.74) is 1.33. The largest absolute Gasteiger partial charge is 0.491 e. The highest BCUT2D eigenvalue weighted by molar-refractivity contribution is 5.76. The number of hydrogen-bond acceptors (Lipinski definition) is 5. The number of hydrogen-bond donors (Lipinski definition) is 1. The average molecular weight is 371 g/mol. The Hall–Kier alpha value is -3.13. The first-order valence-electron chi connectivity index (χ1n) is 8.74. The van der Waals surface area contributed by atoms with Crippen molar-refractivity contribution in [2.45, 2.75) is 32.5 Å². The quantitative estimate of drug-likeness (QED) is 0.485. The molecule has 0 aliphatic rings. The van der Waals surface area contributed by atoms with Gasteiger partial charge in [0.2, 0.25) is 0 Å². The second-order valence-electron chi connectivity index (χ2n) is 6.25. The molecule has 27 heavy (non-hydrogen) atoms. The van der Waals surface area contributed by atoms with E-state index in [9.17, 15) is 20.0 Å². The van der Waals surface area contributed by atoms with Crippen molar-refractivity contribution in [1.29, 1.82) is 0 Å². The number of nitro groups is 1. The molecule has 0 aliphatic carbocycles. The zero-order chi connectivity index (χ0) is 19.4. The number of aromatic nitrogens is 2. The van der Waals surface area contributed by atoms with Crippen molar-refractivity contribution in [2.75, 3.05) is 6.61 Å². The lowest BCUT2D eigenvalue weighted by Gasteiger charge is -2.13. The fourth-order valence-corrected chi connectivity index (χ4v) is 3.03. The van der Waals surface area contributed by atoms with Crippen molar-refractivity contribution >= 4 is 16.7 Å². The van der Waals surface area contributed by atoms with Crippen molar-refractivity contribution in [1.82, 2.24) is 9.13 Å². The van der Waals surface area contributed by atoms with Gasteiger partial charge in [-0.25, -0.2) is 4.79 Å². The fourth-order valence-electron chi connectivity index (χ4n) is 3.03. The van der Waals surface area contributed by atoms with Crippen LogP contribution in [0.15, 0.2) is 53.3 Å². The predicted octanol–water partition coefficient (Wildman–Crippen LogP) is 2.56. The number of non-ortho nitro benzene ring substituents is 1. The van der Waals surface area contributed by atoms with Crippen LogP contribution >= 0.6 is 0 Å². The highest BCUT2D eigenvalue weighted by atomic mass is 16.6. The maximum atomic E-state index is 12.7. The van der Waals surface area contributed by atoms with E-state index in [0.717, 1.165) is 17.5 Å². The van der Waals surface area contributed by atoms with Gasteiger partial charge in [0.05, 0.1) is 28.6 Å². The predicted molar refractivity (Wildman–Crippen MR) is 101 cm³/mol. The van der Waals surface area contributed by atoms with Crippen molar-refractivity contribution < 1.29 is 14.8 Å². The molecule has 0 fully saturated rings. The molecule has 0 bridgehead atoms. The number of aryl methyl sites for hydroxylation is 1. The SMILES string of the molecule is CCCn1c(=O)n(CC(O)COc2cccc([N+](=O)[O-])c2)c2ccccc21. The maximum absolute atomic E-state index is 12.7. The second kappa shape index (κ2) is 8.05. The van der Waals surface area contributed by atoms with Crippen LogP contribution < -0.4 is 10.4 Å². The third-order valence-electron chi connectivity index (χ3n) is 4.24. The van der Waals surface area contributed by atoms with Crippen LogP contribution in [0.2, 0.25) is 0 Å². The summed E-state index contributed by atoms with van der Waals surface area (Å²) in [6.07, 6.45) is -0.116. The molecule has 1 atom stereocenters. The number of nitro benzene ring substituents is 1. The Morgan fingerprint density at radius 3 is 2.52 bits per heavy atom. The van der Waals surface area contributed by atoms with E-state index in [1.165, 1.54) is 22.8 Å². The van der Waals surface area contributed by atoms with E-state index >= 15 is 0 Å². The summed E-state index contributed by atoms with van der Waals surface area (Å²) in [5, 5.41) is 21.1. The average Bonchev–Trinajstić information content (AvgIpc) is 2.93. The Morgan fingerprint density at radius 2 is 1.85 bits per heavy atom. The van der Waals surface area contributed by atoms with Gasteiger partial charge in [0.1, 0.15) is 18.5 Å². The van der Waals surface area contributed by atoms with Crippen LogP contribution in [0.3, 0.4) is 0 Å². The lowest BCUT2D eigenvalue weighted by atomic mass is 10.3. The molecule has 142 valence electrons. The molecule has 0 spiro atoms. The van der Waals surface area contributed by atoms with E-state index in [4.69, 9.17) is 4.74 Å². The third kappa shape index (κ3) is 4.01. The van der Waals surface area contributed by atoms with Crippen LogP contribution in [0.5, 0.6) is 5.75 Å². The summed E-state index contributed by atoms with van der Waals surface area (Å²) < 4.78 is 8.69. The van der Waals surface area contributed by atoms with E-state index in [1.54, 1.807) is 10.6 Å². The second-order valence-corrected chi connectivity index (χ2v) is 6.25. The van der Waals surface area contributed by atoms with E-state index in [0.29, 0.717) is 12.3 Å². The molecule has 2 aromatic carbocycles. The van der Waals surface area contributed by atoms with Crippen molar-refractivity contribution in [2.24, 2.45) is 0 Å². The molecule has 1 heterocycles. The number of benzene rings is 2. The van der Waals surface area contributed by atoms with Gasteiger partial charge < -0.3 is 9.84 Å². The lowest BCUT2D eigenvalue weighted by molar-refractivity contribution is -0.384. The van der Waals surface area contributed by atoms with Crippen molar-refractivity contribution in [3.63, 3.8) is 0 Å². The first-order valence-corrected chi connectivity index (χ1v) is 8.74. The standard InChI is InChI=1S/C19H21N3O5/c1-2-10-20-17-8-3-4-9-18(17)21(19(20)24)12-15(23)13-27-16-7-5-6-14(11-16)22(25)26/h3-9,11,15,23H,2,10,12-13H2,1H3. The highest BCUT2D eigenvalue weighted by Gasteiger charge is 2.16. The molecular weight excluding hydrogens is 350 g/mol. The third-order valence-corrected chi connectivity index (χ3v) is 4.24. The summed E-state index contributed by atoms with van der Waals surface area (Å²) in [5.74, 6) is 0.295. The van der Waals surface area contributed by atoms with Gasteiger partial charge in [-0.2, -0.15) is 0 Å². The Kier molecular flexibility index (Phi) is 5.56. The van der Waals surface area contributed by atoms with Crippen molar-refractivity contribution in [3.8, 4) is 5.75 Å². The van der Waals surface area contributed by atoms with Gasteiger partial charge >= 0.3 is 5.69 Å². The summed E-state index contributed by atoms with van der Waals surface area (Å²) in [4.78, 5) is 23.0. The zero-order valence-electron chi connectivity index (χ0n) is 14.9. The van der Waals surface area contributed by atoms with Crippen LogP contribution in [0.25, 0.3) is 11.0 Å². The van der Waals surface area contributed by atoms with Gasteiger partial charge in [0.25, 0.3) is 5.69 Å².